The van der Waals surface area contributed by atoms with Gasteiger partial charge in [0, 0.05) is 23.9 Å². The van der Waals surface area contributed by atoms with Crippen molar-refractivity contribution in [3.05, 3.63) is 53.5 Å². The summed E-state index contributed by atoms with van der Waals surface area (Å²) in [7, 11) is 1.66. The van der Waals surface area contributed by atoms with Gasteiger partial charge >= 0.3 is 0 Å². The van der Waals surface area contributed by atoms with E-state index in [2.05, 4.69) is 18.2 Å². The monoisotopic (exact) mass is 398 g/mol. The number of piperidine rings is 1. The number of para-hydroxylation sites is 1. The number of carbonyl (C=O) groups excluding carboxylic acids is 1. The number of likely N-dealkylation sites (tertiary alicyclic amines) is 1. The fourth-order valence-electron chi connectivity index (χ4n) is 3.35. The second-order valence-electron chi connectivity index (χ2n) is 6.64. The van der Waals surface area contributed by atoms with Crippen molar-refractivity contribution in [3.8, 4) is 5.75 Å². The smallest absolute Gasteiger partial charge is 0.232 e. The van der Waals surface area contributed by atoms with Gasteiger partial charge in [0.2, 0.25) is 5.91 Å². The Morgan fingerprint density at radius 1 is 1.19 bits per heavy atom. The lowest BCUT2D eigenvalue weighted by Crippen LogP contribution is -2.38. The Balaban J connectivity index is 1.29. The van der Waals surface area contributed by atoms with Crippen molar-refractivity contribution >= 4 is 39.2 Å². The average molecular weight is 399 g/mol. The van der Waals surface area contributed by atoms with Gasteiger partial charge in [0.05, 0.1) is 28.1 Å². The highest BCUT2D eigenvalue weighted by molar-refractivity contribution is 8.00. The van der Waals surface area contributed by atoms with Crippen molar-refractivity contribution in [2.45, 2.75) is 23.7 Å². The van der Waals surface area contributed by atoms with E-state index in [0.717, 1.165) is 42.1 Å². The first-order valence-electron chi connectivity index (χ1n) is 9.13. The molecule has 0 unspecified atom stereocenters. The van der Waals surface area contributed by atoms with Crippen LogP contribution in [0.4, 0.5) is 0 Å². The Kier molecular flexibility index (Phi) is 5.64. The third-order valence-corrected chi connectivity index (χ3v) is 7.12. The largest absolute Gasteiger partial charge is 0.497 e. The molecule has 1 aromatic heterocycles. The number of benzene rings is 2. The highest BCUT2D eigenvalue weighted by Gasteiger charge is 2.25. The van der Waals surface area contributed by atoms with E-state index in [-0.39, 0.29) is 5.91 Å². The number of nitrogens with zero attached hydrogens (tertiary/aromatic N) is 2. The molecule has 0 aliphatic carbocycles. The maximum Gasteiger partial charge on any atom is 0.232 e. The summed E-state index contributed by atoms with van der Waals surface area (Å²) in [5.41, 5.74) is 1.09. The molecule has 0 saturated carbocycles. The molecule has 1 fully saturated rings. The number of ether oxygens (including phenoxy) is 1. The summed E-state index contributed by atoms with van der Waals surface area (Å²) in [4.78, 5) is 20.4. The Hall–Kier alpha value is -2.05. The van der Waals surface area contributed by atoms with Gasteiger partial charge < -0.3 is 9.64 Å². The number of rotatable bonds is 5. The summed E-state index contributed by atoms with van der Waals surface area (Å²) < 4.78 is 6.42. The molecule has 140 valence electrons. The summed E-state index contributed by atoms with van der Waals surface area (Å²) in [5, 5.41) is 1.22. The molecule has 3 aromatic rings. The number of hydrogen-bond acceptors (Lipinski definition) is 5. The molecule has 0 bridgehead atoms. The fraction of sp³-hybridized carbons (Fsp3) is 0.333. The van der Waals surface area contributed by atoms with Crippen molar-refractivity contribution in [3.63, 3.8) is 0 Å². The molecule has 2 aromatic carbocycles. The number of methoxy groups -OCH3 is 1. The van der Waals surface area contributed by atoms with Crippen LogP contribution < -0.4 is 4.74 Å². The van der Waals surface area contributed by atoms with Crippen molar-refractivity contribution in [2.75, 3.05) is 26.0 Å². The van der Waals surface area contributed by atoms with Crippen LogP contribution >= 0.6 is 23.1 Å². The van der Waals surface area contributed by atoms with Crippen LogP contribution in [-0.2, 0) is 4.79 Å². The Morgan fingerprint density at radius 3 is 2.63 bits per heavy atom. The SMILES string of the molecule is COc1ccc(SCC(=O)N2CCC(c3nc4ccccc4s3)CC2)cc1. The number of thioether (sulfide) groups is 1. The summed E-state index contributed by atoms with van der Waals surface area (Å²) in [6.45, 7) is 1.64. The van der Waals surface area contributed by atoms with Crippen LogP contribution in [0.1, 0.15) is 23.8 Å². The van der Waals surface area contributed by atoms with Gasteiger partial charge in [-0.15, -0.1) is 23.1 Å². The highest BCUT2D eigenvalue weighted by atomic mass is 32.2. The standard InChI is InChI=1S/C21H22N2O2S2/c1-25-16-6-8-17(9-7-16)26-14-20(24)23-12-10-15(11-13-23)21-22-18-4-2-3-5-19(18)27-21/h2-9,15H,10-14H2,1H3. The molecule has 2 heterocycles. The van der Waals surface area contributed by atoms with Gasteiger partial charge in [-0.1, -0.05) is 12.1 Å². The molecule has 0 atom stereocenters. The van der Waals surface area contributed by atoms with Gasteiger partial charge in [0.1, 0.15) is 5.75 Å². The van der Waals surface area contributed by atoms with E-state index in [1.54, 1.807) is 30.2 Å². The van der Waals surface area contributed by atoms with Crippen LogP contribution in [-0.4, -0.2) is 41.7 Å². The number of hydrogen-bond donors (Lipinski definition) is 0. The zero-order chi connectivity index (χ0) is 18.6. The fourth-order valence-corrected chi connectivity index (χ4v) is 5.29. The van der Waals surface area contributed by atoms with Crippen molar-refractivity contribution in [1.29, 1.82) is 0 Å². The van der Waals surface area contributed by atoms with Crippen LogP contribution in [0.25, 0.3) is 10.2 Å². The third-order valence-electron chi connectivity index (χ3n) is 4.93. The van der Waals surface area contributed by atoms with Gasteiger partial charge in [-0.2, -0.15) is 0 Å². The van der Waals surface area contributed by atoms with Crippen LogP contribution in [0.3, 0.4) is 0 Å². The molecular weight excluding hydrogens is 376 g/mol. The van der Waals surface area contributed by atoms with E-state index < -0.39 is 0 Å². The van der Waals surface area contributed by atoms with Gasteiger partial charge in [-0.05, 0) is 49.2 Å². The molecule has 4 rings (SSSR count). The van der Waals surface area contributed by atoms with Crippen LogP contribution in [0.2, 0.25) is 0 Å². The first kappa shape index (κ1) is 18.3. The zero-order valence-corrected chi connectivity index (χ0v) is 16.9. The second kappa shape index (κ2) is 8.31. The Labute approximate surface area is 167 Å². The Morgan fingerprint density at radius 2 is 1.93 bits per heavy atom. The lowest BCUT2D eigenvalue weighted by molar-refractivity contribution is -0.129. The van der Waals surface area contributed by atoms with E-state index in [0.29, 0.717) is 11.7 Å². The summed E-state index contributed by atoms with van der Waals surface area (Å²) in [6.07, 6.45) is 2.00. The van der Waals surface area contributed by atoms with Crippen molar-refractivity contribution in [1.82, 2.24) is 9.88 Å². The average Bonchev–Trinajstić information content (AvgIpc) is 3.17. The van der Waals surface area contributed by atoms with E-state index in [1.807, 2.05) is 35.2 Å². The first-order valence-corrected chi connectivity index (χ1v) is 10.9. The van der Waals surface area contributed by atoms with Gasteiger partial charge in [-0.25, -0.2) is 4.98 Å². The second-order valence-corrected chi connectivity index (χ2v) is 8.75. The minimum absolute atomic E-state index is 0.221. The lowest BCUT2D eigenvalue weighted by Gasteiger charge is -2.31. The molecule has 27 heavy (non-hydrogen) atoms. The van der Waals surface area contributed by atoms with Gasteiger partial charge in [0.25, 0.3) is 0 Å². The third kappa shape index (κ3) is 4.28. The molecule has 1 amide bonds. The number of aromatic nitrogens is 1. The molecule has 0 radical (unpaired) electrons. The van der Waals surface area contributed by atoms with E-state index in [1.165, 1.54) is 9.71 Å². The number of fused-ring (bicyclic) bond motifs is 1. The van der Waals surface area contributed by atoms with Crippen LogP contribution in [0.5, 0.6) is 5.75 Å². The van der Waals surface area contributed by atoms with E-state index in [9.17, 15) is 4.79 Å². The number of thiazole rings is 1. The van der Waals surface area contributed by atoms with E-state index in [4.69, 9.17) is 9.72 Å². The summed E-state index contributed by atoms with van der Waals surface area (Å²) >= 11 is 3.38. The zero-order valence-electron chi connectivity index (χ0n) is 15.3. The lowest BCUT2D eigenvalue weighted by atomic mass is 9.97. The minimum Gasteiger partial charge on any atom is -0.497 e. The van der Waals surface area contributed by atoms with Crippen LogP contribution in [0.15, 0.2) is 53.4 Å². The number of carbonyl (C=O) groups is 1. The molecule has 1 saturated heterocycles. The first-order chi connectivity index (χ1) is 13.2. The van der Waals surface area contributed by atoms with Crippen molar-refractivity contribution < 1.29 is 9.53 Å². The normalized spacial score (nSPS) is 15.2. The van der Waals surface area contributed by atoms with Gasteiger partial charge in [0.15, 0.2) is 0 Å². The van der Waals surface area contributed by atoms with Gasteiger partial charge in [-0.3, -0.25) is 4.79 Å². The molecule has 0 spiro atoms. The predicted molar refractivity (Wildman–Crippen MR) is 112 cm³/mol. The molecule has 4 nitrogen and oxygen atoms in total. The van der Waals surface area contributed by atoms with E-state index >= 15 is 0 Å². The van der Waals surface area contributed by atoms with Crippen LogP contribution in [0, 0.1) is 0 Å². The Bertz CT molecular complexity index is 882. The highest BCUT2D eigenvalue weighted by Crippen LogP contribution is 2.34. The maximum atomic E-state index is 12.5. The molecule has 1 aliphatic rings. The minimum atomic E-state index is 0.221. The topological polar surface area (TPSA) is 42.4 Å². The maximum absolute atomic E-state index is 12.5. The van der Waals surface area contributed by atoms with Crippen molar-refractivity contribution in [2.24, 2.45) is 0 Å². The quantitative estimate of drug-likeness (QED) is 0.579. The summed E-state index contributed by atoms with van der Waals surface area (Å²) in [5.74, 6) is 2.01. The molecule has 6 heteroatoms. The molecule has 1 aliphatic heterocycles. The number of amides is 1. The summed E-state index contributed by atoms with van der Waals surface area (Å²) in [6, 6.07) is 16.1. The molecule has 0 N–H and O–H groups in total. The predicted octanol–water partition coefficient (Wildman–Crippen LogP) is 4.80. The molecular formula is C21H22N2O2S2.